The monoisotopic (exact) mass is 302 g/mol. The molecule has 88 valence electrons. The highest BCUT2D eigenvalue weighted by Gasteiger charge is 2.17. The maximum Gasteiger partial charge on any atom is 0.206 e. The molecule has 0 saturated heterocycles. The van der Waals surface area contributed by atoms with Crippen LogP contribution in [0, 0.1) is 0 Å². The van der Waals surface area contributed by atoms with Gasteiger partial charge in [0.15, 0.2) is 0 Å². The van der Waals surface area contributed by atoms with Crippen molar-refractivity contribution in [2.24, 2.45) is 0 Å². The third kappa shape index (κ3) is 3.99. The minimum Gasteiger partial charge on any atom is -0.331 e. The molecule has 0 unspecified atom stereocenters. The van der Waals surface area contributed by atoms with E-state index in [9.17, 15) is 0 Å². The fourth-order valence-corrected chi connectivity index (χ4v) is 3.26. The van der Waals surface area contributed by atoms with Crippen molar-refractivity contribution < 1.29 is 9.05 Å². The van der Waals surface area contributed by atoms with Crippen molar-refractivity contribution in [1.29, 1.82) is 0 Å². The summed E-state index contributed by atoms with van der Waals surface area (Å²) in [6.07, 6.45) is 0. The number of halogens is 1. The summed E-state index contributed by atoms with van der Waals surface area (Å²) < 4.78 is 11.3. The van der Waals surface area contributed by atoms with Gasteiger partial charge in [0.25, 0.3) is 0 Å². The second-order valence-electron chi connectivity index (χ2n) is 2.95. The zero-order chi connectivity index (χ0) is 11.8. The molecule has 0 spiro atoms. The molecular formula is C12H16BrO2P. The Bertz CT molecular complexity index is 321. The van der Waals surface area contributed by atoms with Crippen LogP contribution in [-0.2, 0) is 9.05 Å². The molecule has 0 heterocycles. The van der Waals surface area contributed by atoms with Crippen LogP contribution >= 0.6 is 24.3 Å². The first-order chi connectivity index (χ1) is 7.83. The maximum atomic E-state index is 5.63. The summed E-state index contributed by atoms with van der Waals surface area (Å²) in [6.45, 7) is 5.27. The van der Waals surface area contributed by atoms with Crippen LogP contribution in [0.2, 0.25) is 0 Å². The Morgan fingerprint density at radius 1 is 1.19 bits per heavy atom. The number of hydrogen-bond donors (Lipinski definition) is 0. The van der Waals surface area contributed by atoms with Gasteiger partial charge in [-0.15, -0.1) is 0 Å². The van der Waals surface area contributed by atoms with E-state index < -0.39 is 8.38 Å². The second-order valence-corrected chi connectivity index (χ2v) is 4.92. The Morgan fingerprint density at radius 2 is 1.75 bits per heavy atom. The van der Waals surface area contributed by atoms with Crippen LogP contribution < -0.4 is 0 Å². The van der Waals surface area contributed by atoms with Gasteiger partial charge in [0.1, 0.15) is 0 Å². The summed E-state index contributed by atoms with van der Waals surface area (Å²) in [5.41, 5.74) is 1.13. The number of hydrogen-bond acceptors (Lipinski definition) is 2. The second kappa shape index (κ2) is 7.97. The van der Waals surface area contributed by atoms with E-state index in [1.165, 1.54) is 0 Å². The predicted molar refractivity (Wildman–Crippen MR) is 73.5 cm³/mol. The van der Waals surface area contributed by atoms with Gasteiger partial charge in [0.2, 0.25) is 8.38 Å². The van der Waals surface area contributed by atoms with Gasteiger partial charge in [-0.3, -0.25) is 0 Å². The smallest absolute Gasteiger partial charge is 0.206 e. The fourth-order valence-electron chi connectivity index (χ4n) is 1.23. The molecule has 2 nitrogen and oxygen atoms in total. The quantitative estimate of drug-likeness (QED) is 0.705. The van der Waals surface area contributed by atoms with E-state index in [0.29, 0.717) is 13.2 Å². The predicted octanol–water partition coefficient (Wildman–Crippen LogP) is 4.76. The summed E-state index contributed by atoms with van der Waals surface area (Å²) >= 11 is 3.39. The molecule has 1 rings (SSSR count). The SMILES string of the molecule is CCOP(OCC)/C(=C/Br)c1ccccc1. The molecule has 0 N–H and O–H groups in total. The van der Waals surface area contributed by atoms with E-state index >= 15 is 0 Å². The summed E-state index contributed by atoms with van der Waals surface area (Å²) in [5.74, 6) is 0. The number of benzene rings is 1. The third-order valence-corrected chi connectivity index (χ3v) is 4.44. The highest BCUT2D eigenvalue weighted by Crippen LogP contribution is 2.52. The molecule has 0 aliphatic rings. The van der Waals surface area contributed by atoms with Crippen molar-refractivity contribution in [2.45, 2.75) is 13.8 Å². The van der Waals surface area contributed by atoms with Gasteiger partial charge in [-0.05, 0) is 24.4 Å². The first-order valence-electron chi connectivity index (χ1n) is 5.25. The Kier molecular flexibility index (Phi) is 6.90. The summed E-state index contributed by atoms with van der Waals surface area (Å²) in [5, 5.41) is 1.07. The van der Waals surface area contributed by atoms with Crippen LogP contribution in [-0.4, -0.2) is 13.2 Å². The van der Waals surface area contributed by atoms with Gasteiger partial charge in [0, 0.05) is 5.31 Å². The van der Waals surface area contributed by atoms with Crippen molar-refractivity contribution in [3.8, 4) is 0 Å². The molecule has 0 aromatic heterocycles. The van der Waals surface area contributed by atoms with Crippen LogP contribution in [0.25, 0.3) is 5.31 Å². The van der Waals surface area contributed by atoms with Crippen molar-refractivity contribution in [1.82, 2.24) is 0 Å². The largest absolute Gasteiger partial charge is 0.331 e. The molecule has 0 aliphatic carbocycles. The highest BCUT2D eigenvalue weighted by atomic mass is 79.9. The van der Waals surface area contributed by atoms with Gasteiger partial charge < -0.3 is 9.05 Å². The molecule has 0 amide bonds. The lowest BCUT2D eigenvalue weighted by Crippen LogP contribution is -1.93. The van der Waals surface area contributed by atoms with E-state index in [2.05, 4.69) is 28.1 Å². The molecule has 1 aromatic rings. The van der Waals surface area contributed by atoms with Crippen molar-refractivity contribution in [3.63, 3.8) is 0 Å². The molecule has 0 saturated carbocycles. The zero-order valence-corrected chi connectivity index (χ0v) is 12.0. The van der Waals surface area contributed by atoms with E-state index in [1.807, 2.05) is 37.0 Å². The van der Waals surface area contributed by atoms with Crippen molar-refractivity contribution in [3.05, 3.63) is 40.9 Å². The molecule has 0 aliphatic heterocycles. The van der Waals surface area contributed by atoms with Crippen LogP contribution in [0.1, 0.15) is 19.4 Å². The molecule has 4 heteroatoms. The standard InChI is InChI=1S/C12H16BrO2P/c1-3-14-16(15-4-2)12(10-13)11-8-6-5-7-9-11/h5-10H,3-4H2,1-2H3/b12-10+. The van der Waals surface area contributed by atoms with E-state index in [1.54, 1.807) is 0 Å². The average Bonchev–Trinajstić information content (AvgIpc) is 2.32. The Labute approximate surface area is 107 Å². The lowest BCUT2D eigenvalue weighted by Gasteiger charge is -2.18. The zero-order valence-electron chi connectivity index (χ0n) is 9.52. The Balaban J connectivity index is 2.87. The average molecular weight is 303 g/mol. The van der Waals surface area contributed by atoms with Gasteiger partial charge in [-0.25, -0.2) is 0 Å². The molecule has 0 fully saturated rings. The van der Waals surface area contributed by atoms with E-state index in [0.717, 1.165) is 10.9 Å². The first kappa shape index (κ1) is 13.9. The van der Waals surface area contributed by atoms with E-state index in [4.69, 9.17) is 9.05 Å². The lowest BCUT2D eigenvalue weighted by atomic mass is 10.2. The molecular weight excluding hydrogens is 287 g/mol. The van der Waals surface area contributed by atoms with Crippen molar-refractivity contribution in [2.75, 3.05) is 13.2 Å². The van der Waals surface area contributed by atoms with Gasteiger partial charge in [0.05, 0.1) is 13.2 Å². The molecule has 0 radical (unpaired) electrons. The maximum absolute atomic E-state index is 5.63. The third-order valence-electron chi connectivity index (χ3n) is 1.86. The first-order valence-corrected chi connectivity index (χ1v) is 7.34. The van der Waals surface area contributed by atoms with Crippen LogP contribution in [0.4, 0.5) is 0 Å². The molecule has 1 aromatic carbocycles. The Hall–Kier alpha value is -0.210. The highest BCUT2D eigenvalue weighted by molar-refractivity contribution is 9.11. The van der Waals surface area contributed by atoms with E-state index in [-0.39, 0.29) is 0 Å². The Morgan fingerprint density at radius 3 is 2.19 bits per heavy atom. The van der Waals surface area contributed by atoms with Gasteiger partial charge >= 0.3 is 0 Å². The number of rotatable bonds is 6. The van der Waals surface area contributed by atoms with Crippen LogP contribution in [0.5, 0.6) is 0 Å². The topological polar surface area (TPSA) is 18.5 Å². The summed E-state index contributed by atoms with van der Waals surface area (Å²) in [4.78, 5) is 1.89. The van der Waals surface area contributed by atoms with Gasteiger partial charge in [-0.2, -0.15) is 0 Å². The lowest BCUT2D eigenvalue weighted by molar-refractivity contribution is 0.278. The minimum atomic E-state index is -0.986. The molecule has 16 heavy (non-hydrogen) atoms. The summed E-state index contributed by atoms with van der Waals surface area (Å²) in [6, 6.07) is 10.1. The molecule has 0 atom stereocenters. The molecule has 0 bridgehead atoms. The van der Waals surface area contributed by atoms with Crippen LogP contribution in [0.3, 0.4) is 0 Å². The fraction of sp³-hybridized carbons (Fsp3) is 0.333. The van der Waals surface area contributed by atoms with Gasteiger partial charge in [-0.1, -0.05) is 46.3 Å². The summed E-state index contributed by atoms with van der Waals surface area (Å²) in [7, 11) is -0.986. The van der Waals surface area contributed by atoms with Crippen molar-refractivity contribution >= 4 is 29.6 Å². The normalized spacial score (nSPS) is 12.1. The minimum absolute atomic E-state index is 0.656. The van der Waals surface area contributed by atoms with Crippen LogP contribution in [0.15, 0.2) is 35.3 Å².